The Morgan fingerprint density at radius 3 is 1.94 bits per heavy atom. The molecule has 0 atom stereocenters. The van der Waals surface area contributed by atoms with Crippen LogP contribution >= 0.6 is 24.0 Å². The summed E-state index contributed by atoms with van der Waals surface area (Å²) in [6.45, 7) is 11.1. The van der Waals surface area contributed by atoms with Crippen molar-refractivity contribution in [1.29, 1.82) is 0 Å². The van der Waals surface area contributed by atoms with Crippen molar-refractivity contribution in [2.45, 2.75) is 85.2 Å². The lowest BCUT2D eigenvalue weighted by molar-refractivity contribution is 0.303. The van der Waals surface area contributed by atoms with Gasteiger partial charge < -0.3 is 4.90 Å². The van der Waals surface area contributed by atoms with Crippen LogP contribution in [0.25, 0.3) is 0 Å². The van der Waals surface area contributed by atoms with E-state index in [0.717, 1.165) is 4.32 Å². The molecule has 0 saturated heterocycles. The Balaban J connectivity index is 3.69. The SMILES string of the molecule is CCCCCCCCSC(=S)N(C(C)C)C(C)C. The first-order valence-electron chi connectivity index (χ1n) is 7.45. The van der Waals surface area contributed by atoms with Gasteiger partial charge in [-0.1, -0.05) is 63.0 Å². The van der Waals surface area contributed by atoms with Gasteiger partial charge in [0.1, 0.15) is 4.32 Å². The second-order valence-corrected chi connectivity index (χ2v) is 7.21. The molecule has 0 aromatic carbocycles. The predicted molar refractivity (Wildman–Crippen MR) is 90.5 cm³/mol. The first-order chi connectivity index (χ1) is 8.50. The van der Waals surface area contributed by atoms with E-state index in [9.17, 15) is 0 Å². The molecule has 0 aliphatic carbocycles. The number of thiocarbonyl (C=S) groups is 1. The quantitative estimate of drug-likeness (QED) is 0.408. The van der Waals surface area contributed by atoms with Crippen LogP contribution in [0.3, 0.4) is 0 Å². The van der Waals surface area contributed by atoms with Crippen molar-refractivity contribution >= 4 is 28.3 Å². The number of rotatable bonds is 9. The Hall–Kier alpha value is 0.240. The summed E-state index contributed by atoms with van der Waals surface area (Å²) < 4.78 is 1.08. The number of nitrogens with zero attached hydrogens (tertiary/aromatic N) is 1. The zero-order valence-corrected chi connectivity index (χ0v) is 14.5. The van der Waals surface area contributed by atoms with Crippen molar-refractivity contribution in [1.82, 2.24) is 4.90 Å². The van der Waals surface area contributed by atoms with E-state index in [1.165, 1.54) is 44.3 Å². The highest BCUT2D eigenvalue weighted by Gasteiger charge is 2.16. The van der Waals surface area contributed by atoms with Crippen molar-refractivity contribution in [3.8, 4) is 0 Å². The van der Waals surface area contributed by atoms with E-state index < -0.39 is 0 Å². The topological polar surface area (TPSA) is 3.24 Å². The fourth-order valence-corrected chi connectivity index (χ4v) is 3.90. The second-order valence-electron chi connectivity index (χ2n) is 5.48. The molecular weight excluding hydrogens is 258 g/mol. The van der Waals surface area contributed by atoms with Gasteiger partial charge in [0.05, 0.1) is 0 Å². The Morgan fingerprint density at radius 2 is 1.44 bits per heavy atom. The van der Waals surface area contributed by atoms with Gasteiger partial charge in [-0.05, 0) is 34.1 Å². The van der Waals surface area contributed by atoms with Crippen LogP contribution in [0.4, 0.5) is 0 Å². The molecule has 18 heavy (non-hydrogen) atoms. The van der Waals surface area contributed by atoms with Crippen LogP contribution < -0.4 is 0 Å². The largest absolute Gasteiger partial charge is 0.353 e. The summed E-state index contributed by atoms with van der Waals surface area (Å²) in [7, 11) is 0. The fourth-order valence-electron chi connectivity index (χ4n) is 2.13. The number of unbranched alkanes of at least 4 members (excludes halogenated alkanes) is 5. The number of hydrogen-bond acceptors (Lipinski definition) is 2. The summed E-state index contributed by atoms with van der Waals surface area (Å²) in [5.74, 6) is 1.18. The molecule has 0 aliphatic rings. The second kappa shape index (κ2) is 11.1. The first kappa shape index (κ1) is 18.2. The minimum atomic E-state index is 0.509. The Labute approximate surface area is 124 Å². The van der Waals surface area contributed by atoms with Crippen LogP contribution in [0.15, 0.2) is 0 Å². The summed E-state index contributed by atoms with van der Waals surface area (Å²) in [6, 6.07) is 1.02. The Morgan fingerprint density at radius 1 is 0.944 bits per heavy atom. The van der Waals surface area contributed by atoms with Crippen LogP contribution in [-0.2, 0) is 0 Å². The van der Waals surface area contributed by atoms with Gasteiger partial charge in [-0.2, -0.15) is 0 Å². The third-order valence-corrected chi connectivity index (χ3v) is 4.56. The third-order valence-electron chi connectivity index (χ3n) is 3.05. The minimum Gasteiger partial charge on any atom is -0.353 e. The molecule has 0 heterocycles. The molecule has 0 aromatic heterocycles. The van der Waals surface area contributed by atoms with Crippen molar-refractivity contribution in [3.05, 3.63) is 0 Å². The van der Waals surface area contributed by atoms with E-state index in [0.29, 0.717) is 12.1 Å². The molecule has 0 radical (unpaired) electrons. The zero-order chi connectivity index (χ0) is 14.0. The van der Waals surface area contributed by atoms with Crippen molar-refractivity contribution in [3.63, 3.8) is 0 Å². The molecule has 0 fully saturated rings. The first-order valence-corrected chi connectivity index (χ1v) is 8.85. The summed E-state index contributed by atoms with van der Waals surface area (Å²) in [5.41, 5.74) is 0. The highest BCUT2D eigenvalue weighted by atomic mass is 32.2. The van der Waals surface area contributed by atoms with E-state index in [1.54, 1.807) is 0 Å². The molecule has 0 amide bonds. The van der Waals surface area contributed by atoms with Gasteiger partial charge in [-0.25, -0.2) is 0 Å². The molecule has 0 unspecified atom stereocenters. The standard InChI is InChI=1S/C15H31NS2/c1-6-7-8-9-10-11-12-18-15(17)16(13(2)3)14(4)5/h13-14H,6-12H2,1-5H3. The summed E-state index contributed by atoms with van der Waals surface area (Å²) in [6.07, 6.45) is 8.17. The van der Waals surface area contributed by atoms with Crippen LogP contribution in [0.5, 0.6) is 0 Å². The lowest BCUT2D eigenvalue weighted by atomic mass is 10.1. The Bertz CT molecular complexity index is 207. The van der Waals surface area contributed by atoms with Crippen LogP contribution in [0.2, 0.25) is 0 Å². The summed E-state index contributed by atoms with van der Waals surface area (Å²) in [4.78, 5) is 2.34. The van der Waals surface area contributed by atoms with Gasteiger partial charge >= 0.3 is 0 Å². The van der Waals surface area contributed by atoms with E-state index in [4.69, 9.17) is 12.2 Å². The smallest absolute Gasteiger partial charge is 0.136 e. The average molecular weight is 290 g/mol. The van der Waals surface area contributed by atoms with Crippen LogP contribution in [0, 0.1) is 0 Å². The van der Waals surface area contributed by atoms with Gasteiger partial charge in [-0.3, -0.25) is 0 Å². The molecule has 0 aromatic rings. The highest BCUT2D eigenvalue weighted by molar-refractivity contribution is 8.22. The van der Waals surface area contributed by atoms with Crippen molar-refractivity contribution < 1.29 is 0 Å². The van der Waals surface area contributed by atoms with Gasteiger partial charge in [0, 0.05) is 17.8 Å². The van der Waals surface area contributed by atoms with E-state index >= 15 is 0 Å². The third kappa shape index (κ3) is 8.36. The van der Waals surface area contributed by atoms with E-state index in [2.05, 4.69) is 39.5 Å². The van der Waals surface area contributed by atoms with E-state index in [-0.39, 0.29) is 0 Å². The zero-order valence-electron chi connectivity index (χ0n) is 12.9. The molecule has 1 nitrogen and oxygen atoms in total. The van der Waals surface area contributed by atoms with Crippen LogP contribution in [-0.4, -0.2) is 27.1 Å². The van der Waals surface area contributed by atoms with Crippen molar-refractivity contribution in [2.24, 2.45) is 0 Å². The van der Waals surface area contributed by atoms with Gasteiger partial charge in [0.25, 0.3) is 0 Å². The Kier molecular flexibility index (Phi) is 11.2. The maximum atomic E-state index is 5.54. The van der Waals surface area contributed by atoms with Gasteiger partial charge in [0.15, 0.2) is 0 Å². The molecule has 0 bridgehead atoms. The summed E-state index contributed by atoms with van der Waals surface area (Å²) >= 11 is 7.40. The van der Waals surface area contributed by atoms with Crippen LogP contribution in [0.1, 0.15) is 73.1 Å². The normalized spacial score (nSPS) is 11.3. The van der Waals surface area contributed by atoms with Gasteiger partial charge in [-0.15, -0.1) is 0 Å². The predicted octanol–water partition coefficient (Wildman–Crippen LogP) is 5.48. The monoisotopic (exact) mass is 289 g/mol. The molecule has 0 spiro atoms. The number of thioether (sulfide) groups is 1. The molecule has 0 N–H and O–H groups in total. The van der Waals surface area contributed by atoms with Crippen molar-refractivity contribution in [2.75, 3.05) is 5.75 Å². The highest BCUT2D eigenvalue weighted by Crippen LogP contribution is 2.18. The number of hydrogen-bond donors (Lipinski definition) is 0. The minimum absolute atomic E-state index is 0.509. The maximum Gasteiger partial charge on any atom is 0.136 e. The van der Waals surface area contributed by atoms with E-state index in [1.807, 2.05) is 11.8 Å². The maximum absolute atomic E-state index is 5.54. The molecule has 0 rings (SSSR count). The summed E-state index contributed by atoms with van der Waals surface area (Å²) in [5, 5.41) is 0. The molecule has 108 valence electrons. The molecular formula is C15H31NS2. The lowest BCUT2D eigenvalue weighted by Crippen LogP contribution is -2.39. The lowest BCUT2D eigenvalue weighted by Gasteiger charge is -2.32. The molecule has 3 heteroatoms. The fraction of sp³-hybridized carbons (Fsp3) is 0.933. The average Bonchev–Trinajstić information content (AvgIpc) is 2.26. The molecule has 0 aliphatic heterocycles. The van der Waals surface area contributed by atoms with Gasteiger partial charge in [0.2, 0.25) is 0 Å². The molecule has 0 saturated carbocycles.